The van der Waals surface area contributed by atoms with Gasteiger partial charge in [0.1, 0.15) is 0 Å². The Kier molecular flexibility index (Phi) is 5.24. The molecule has 2 aromatic rings. The first kappa shape index (κ1) is 14.1. The highest BCUT2D eigenvalue weighted by Gasteiger charge is 2.07. The lowest BCUT2D eigenvalue weighted by atomic mass is 10.3. The molecule has 0 aliphatic rings. The molecule has 0 amide bonds. The first-order chi connectivity index (χ1) is 8.63. The van der Waals surface area contributed by atoms with Gasteiger partial charge in [0.2, 0.25) is 0 Å². The molecular weight excluding hydrogens is 328 g/mol. The minimum Gasteiger partial charge on any atom is -0.327 e. The van der Waals surface area contributed by atoms with Crippen LogP contribution in [0.4, 0.5) is 0 Å². The highest BCUT2D eigenvalue weighted by molar-refractivity contribution is 9.10. The van der Waals surface area contributed by atoms with E-state index >= 15 is 0 Å². The van der Waals surface area contributed by atoms with Crippen LogP contribution in [0.15, 0.2) is 39.0 Å². The number of benzene rings is 1. The highest BCUT2D eigenvalue weighted by Crippen LogP contribution is 2.22. The van der Waals surface area contributed by atoms with E-state index in [0.717, 1.165) is 27.3 Å². The van der Waals surface area contributed by atoms with Crippen molar-refractivity contribution in [1.82, 2.24) is 4.98 Å². The van der Waals surface area contributed by atoms with Gasteiger partial charge in [-0.2, -0.15) is 0 Å². The van der Waals surface area contributed by atoms with Gasteiger partial charge in [-0.1, -0.05) is 15.9 Å². The van der Waals surface area contributed by atoms with E-state index in [9.17, 15) is 0 Å². The highest BCUT2D eigenvalue weighted by atomic mass is 79.9. The molecule has 0 saturated carbocycles. The van der Waals surface area contributed by atoms with Crippen molar-refractivity contribution < 1.29 is 0 Å². The number of aromatic nitrogens is 1. The topological polar surface area (TPSA) is 38.9 Å². The number of hydrogen-bond donors (Lipinski definition) is 1. The number of nitrogens with zero attached hydrogens (tertiary/aromatic N) is 1. The van der Waals surface area contributed by atoms with Crippen LogP contribution >= 0.6 is 39.0 Å². The van der Waals surface area contributed by atoms with Crippen molar-refractivity contribution in [3.63, 3.8) is 0 Å². The summed E-state index contributed by atoms with van der Waals surface area (Å²) in [5, 5.41) is 3.21. The minimum atomic E-state index is 0.157. The van der Waals surface area contributed by atoms with Crippen LogP contribution in [-0.4, -0.2) is 16.8 Å². The lowest BCUT2D eigenvalue weighted by Crippen LogP contribution is -2.25. The normalized spacial score (nSPS) is 12.6. The number of thiazole rings is 1. The summed E-state index contributed by atoms with van der Waals surface area (Å²) in [6.45, 7) is 2.02. The molecule has 1 heterocycles. The van der Waals surface area contributed by atoms with Gasteiger partial charge in [-0.3, -0.25) is 0 Å². The van der Waals surface area contributed by atoms with Crippen molar-refractivity contribution in [3.8, 4) is 0 Å². The molecule has 2 nitrogen and oxygen atoms in total. The Morgan fingerprint density at radius 2 is 2.11 bits per heavy atom. The Bertz CT molecular complexity index is 496. The SMILES string of the molecule is Cc1csc(CC(N)CSc2ccc(Br)cc2)n1. The van der Waals surface area contributed by atoms with Gasteiger partial charge in [-0.25, -0.2) is 4.98 Å². The second-order valence-corrected chi connectivity index (χ2v) is 7.06. The van der Waals surface area contributed by atoms with Crippen molar-refractivity contribution in [2.75, 3.05) is 5.75 Å². The lowest BCUT2D eigenvalue weighted by molar-refractivity contribution is 0.743. The second kappa shape index (κ2) is 6.70. The van der Waals surface area contributed by atoms with Crippen LogP contribution in [-0.2, 0) is 6.42 Å². The zero-order valence-corrected chi connectivity index (χ0v) is 13.3. The molecule has 0 fully saturated rings. The van der Waals surface area contributed by atoms with Gasteiger partial charge in [-0.05, 0) is 31.2 Å². The first-order valence-corrected chi connectivity index (χ1v) is 8.34. The number of thioether (sulfide) groups is 1. The zero-order chi connectivity index (χ0) is 13.0. The maximum absolute atomic E-state index is 6.13. The molecule has 2 rings (SSSR count). The summed E-state index contributed by atoms with van der Waals surface area (Å²) in [4.78, 5) is 5.69. The zero-order valence-electron chi connectivity index (χ0n) is 10.1. The average molecular weight is 343 g/mol. The quantitative estimate of drug-likeness (QED) is 0.838. The molecule has 5 heteroatoms. The van der Waals surface area contributed by atoms with Crippen LogP contribution in [0.1, 0.15) is 10.7 Å². The molecule has 96 valence electrons. The van der Waals surface area contributed by atoms with E-state index in [1.807, 2.05) is 6.92 Å². The molecule has 0 bridgehead atoms. The van der Waals surface area contributed by atoms with E-state index in [1.165, 1.54) is 4.90 Å². The van der Waals surface area contributed by atoms with Crippen molar-refractivity contribution >= 4 is 39.0 Å². The second-order valence-electron chi connectivity index (χ2n) is 4.11. The molecular formula is C13H15BrN2S2. The fourth-order valence-electron chi connectivity index (χ4n) is 1.51. The van der Waals surface area contributed by atoms with Gasteiger partial charge in [0.25, 0.3) is 0 Å². The third kappa shape index (κ3) is 4.39. The van der Waals surface area contributed by atoms with Crippen LogP contribution in [0.25, 0.3) is 0 Å². The molecule has 1 aromatic carbocycles. The van der Waals surface area contributed by atoms with Crippen LogP contribution in [0, 0.1) is 6.92 Å². The summed E-state index contributed by atoms with van der Waals surface area (Å²) in [5.41, 5.74) is 7.22. The summed E-state index contributed by atoms with van der Waals surface area (Å²) in [5.74, 6) is 0.917. The fourth-order valence-corrected chi connectivity index (χ4v) is 3.50. The number of rotatable bonds is 5. The van der Waals surface area contributed by atoms with E-state index in [4.69, 9.17) is 5.73 Å². The molecule has 18 heavy (non-hydrogen) atoms. The van der Waals surface area contributed by atoms with Gasteiger partial charge >= 0.3 is 0 Å². The molecule has 0 aliphatic heterocycles. The smallest absolute Gasteiger partial charge is 0.0943 e. The minimum absolute atomic E-state index is 0.157. The van der Waals surface area contributed by atoms with Crippen LogP contribution in [0.2, 0.25) is 0 Å². The molecule has 0 radical (unpaired) electrons. The first-order valence-electron chi connectivity index (χ1n) is 5.68. The van der Waals surface area contributed by atoms with Crippen molar-refractivity contribution in [2.45, 2.75) is 24.3 Å². The molecule has 0 spiro atoms. The summed E-state index contributed by atoms with van der Waals surface area (Å²) < 4.78 is 1.11. The van der Waals surface area contributed by atoms with Crippen molar-refractivity contribution in [1.29, 1.82) is 0 Å². The molecule has 1 aromatic heterocycles. The molecule has 2 N–H and O–H groups in total. The Hall–Kier alpha value is -0.360. The van der Waals surface area contributed by atoms with Gasteiger partial charge in [0, 0.05) is 38.7 Å². The lowest BCUT2D eigenvalue weighted by Gasteiger charge is -2.09. The van der Waals surface area contributed by atoms with E-state index in [2.05, 4.69) is 50.6 Å². The number of nitrogens with two attached hydrogens (primary N) is 1. The standard InChI is InChI=1S/C13H15BrN2S2/c1-9-7-18-13(16-9)6-11(15)8-17-12-4-2-10(14)3-5-12/h2-5,7,11H,6,8,15H2,1H3. The third-order valence-corrected chi connectivity index (χ3v) is 5.10. The summed E-state index contributed by atoms with van der Waals surface area (Å²) in [6, 6.07) is 8.48. The summed E-state index contributed by atoms with van der Waals surface area (Å²) >= 11 is 6.92. The largest absolute Gasteiger partial charge is 0.327 e. The molecule has 0 aliphatic carbocycles. The summed E-state index contributed by atoms with van der Waals surface area (Å²) in [7, 11) is 0. The third-order valence-electron chi connectivity index (χ3n) is 2.38. The predicted molar refractivity (Wildman–Crippen MR) is 83.4 cm³/mol. The monoisotopic (exact) mass is 342 g/mol. The maximum atomic E-state index is 6.13. The Labute approximate surface area is 124 Å². The Morgan fingerprint density at radius 1 is 1.39 bits per heavy atom. The fraction of sp³-hybridized carbons (Fsp3) is 0.308. The summed E-state index contributed by atoms with van der Waals surface area (Å²) in [6.07, 6.45) is 0.863. The van der Waals surface area contributed by atoms with Crippen LogP contribution < -0.4 is 5.73 Å². The number of aryl methyl sites for hydroxylation is 1. The Balaban J connectivity index is 1.81. The predicted octanol–water partition coefficient (Wildman–Crippen LogP) is 3.88. The van der Waals surface area contributed by atoms with Crippen molar-refractivity contribution in [2.24, 2.45) is 5.73 Å². The van der Waals surface area contributed by atoms with E-state index in [-0.39, 0.29) is 6.04 Å². The van der Waals surface area contributed by atoms with Crippen LogP contribution in [0.5, 0.6) is 0 Å². The van der Waals surface area contributed by atoms with Gasteiger partial charge < -0.3 is 5.73 Å². The van der Waals surface area contributed by atoms with Crippen molar-refractivity contribution in [3.05, 3.63) is 44.8 Å². The number of halogens is 1. The molecule has 0 saturated heterocycles. The van der Waals surface area contributed by atoms with Crippen LogP contribution in [0.3, 0.4) is 0 Å². The Morgan fingerprint density at radius 3 is 2.72 bits per heavy atom. The molecule has 1 atom stereocenters. The molecule has 1 unspecified atom stereocenters. The van der Waals surface area contributed by atoms with Gasteiger partial charge in [0.05, 0.1) is 5.01 Å². The van der Waals surface area contributed by atoms with Gasteiger partial charge in [-0.15, -0.1) is 23.1 Å². The van der Waals surface area contributed by atoms with E-state index in [0.29, 0.717) is 0 Å². The maximum Gasteiger partial charge on any atom is 0.0943 e. The van der Waals surface area contributed by atoms with Gasteiger partial charge in [0.15, 0.2) is 0 Å². The number of hydrogen-bond acceptors (Lipinski definition) is 4. The average Bonchev–Trinajstić information content (AvgIpc) is 2.74. The van der Waals surface area contributed by atoms with E-state index in [1.54, 1.807) is 23.1 Å². The van der Waals surface area contributed by atoms with E-state index < -0.39 is 0 Å².